The molecule has 0 aliphatic carbocycles. The third-order valence-corrected chi connectivity index (χ3v) is 4.25. The summed E-state index contributed by atoms with van der Waals surface area (Å²) < 4.78 is 6.27. The lowest BCUT2D eigenvalue weighted by atomic mass is 10.1. The molecule has 2 N–H and O–H groups in total. The number of hydrogen-bond acceptors (Lipinski definition) is 6. The van der Waals surface area contributed by atoms with E-state index in [1.54, 1.807) is 31.3 Å². The smallest absolute Gasteiger partial charge is 0.321 e. The molecule has 0 saturated heterocycles. The van der Waals surface area contributed by atoms with E-state index in [9.17, 15) is 19.2 Å². The normalized spacial score (nSPS) is 10.8. The van der Waals surface area contributed by atoms with Crippen LogP contribution < -0.4 is 16.2 Å². The molecule has 0 spiro atoms. The molecule has 0 atom stereocenters. The van der Waals surface area contributed by atoms with Gasteiger partial charge in [0.15, 0.2) is 6.61 Å². The summed E-state index contributed by atoms with van der Waals surface area (Å²) in [6, 6.07) is 6.35. The van der Waals surface area contributed by atoms with Crippen molar-refractivity contribution in [2.75, 3.05) is 13.2 Å². The predicted octanol–water partition coefficient (Wildman–Crippen LogP) is 1.28. The molecule has 29 heavy (non-hydrogen) atoms. The van der Waals surface area contributed by atoms with Crippen LogP contribution in [0.25, 0.3) is 10.9 Å². The van der Waals surface area contributed by atoms with Gasteiger partial charge in [0.1, 0.15) is 5.82 Å². The fourth-order valence-electron chi connectivity index (χ4n) is 2.60. The van der Waals surface area contributed by atoms with Crippen molar-refractivity contribution in [1.82, 2.24) is 20.2 Å². The average Bonchev–Trinajstić information content (AvgIpc) is 2.67. The minimum absolute atomic E-state index is 0.0491. The SMILES string of the molecule is CC(C)CCNC(=O)NC(=O)COC(=O)CCc1nc2ccccc2c(=O)n1C. The van der Waals surface area contributed by atoms with Gasteiger partial charge in [-0.15, -0.1) is 0 Å². The van der Waals surface area contributed by atoms with E-state index < -0.39 is 24.5 Å². The highest BCUT2D eigenvalue weighted by Crippen LogP contribution is 2.08. The highest BCUT2D eigenvalue weighted by molar-refractivity contribution is 5.95. The maximum Gasteiger partial charge on any atom is 0.321 e. The molecule has 0 fully saturated rings. The Kier molecular flexibility index (Phi) is 7.88. The van der Waals surface area contributed by atoms with E-state index in [0.717, 1.165) is 6.42 Å². The summed E-state index contributed by atoms with van der Waals surface area (Å²) in [5.74, 6) is -0.456. The van der Waals surface area contributed by atoms with Crippen LogP contribution in [0.3, 0.4) is 0 Å². The summed E-state index contributed by atoms with van der Waals surface area (Å²) in [4.78, 5) is 51.9. The molecule has 9 nitrogen and oxygen atoms in total. The molecule has 1 heterocycles. The number of hydrogen-bond donors (Lipinski definition) is 2. The Morgan fingerprint density at radius 2 is 1.93 bits per heavy atom. The molecule has 0 unspecified atom stereocenters. The molecule has 1 aromatic carbocycles. The third-order valence-electron chi connectivity index (χ3n) is 4.25. The first-order chi connectivity index (χ1) is 13.8. The van der Waals surface area contributed by atoms with Crippen molar-refractivity contribution in [3.05, 3.63) is 40.4 Å². The van der Waals surface area contributed by atoms with Crippen LogP contribution in [0, 0.1) is 5.92 Å². The quantitative estimate of drug-likeness (QED) is 0.642. The topological polar surface area (TPSA) is 119 Å². The molecule has 2 rings (SSSR count). The number of aromatic nitrogens is 2. The minimum Gasteiger partial charge on any atom is -0.456 e. The summed E-state index contributed by atoms with van der Waals surface area (Å²) in [5, 5.41) is 5.15. The van der Waals surface area contributed by atoms with E-state index in [1.807, 2.05) is 13.8 Å². The van der Waals surface area contributed by atoms with Gasteiger partial charge in [-0.05, 0) is 24.5 Å². The molecule has 9 heteroatoms. The van der Waals surface area contributed by atoms with Crippen LogP contribution >= 0.6 is 0 Å². The first-order valence-electron chi connectivity index (χ1n) is 9.46. The molecule has 0 aliphatic rings. The second kappa shape index (κ2) is 10.4. The van der Waals surface area contributed by atoms with Crippen LogP contribution in [-0.4, -0.2) is 40.6 Å². The molecular formula is C20H26N4O5. The van der Waals surface area contributed by atoms with Crippen LogP contribution in [-0.2, 0) is 27.8 Å². The number of nitrogens with zero attached hydrogens (tertiary/aromatic N) is 2. The van der Waals surface area contributed by atoms with Crippen LogP contribution in [0.1, 0.15) is 32.5 Å². The number of esters is 1. The van der Waals surface area contributed by atoms with Gasteiger partial charge in [0.2, 0.25) is 0 Å². The van der Waals surface area contributed by atoms with Crippen molar-refractivity contribution in [2.24, 2.45) is 13.0 Å². The van der Waals surface area contributed by atoms with Crippen molar-refractivity contribution < 1.29 is 19.1 Å². The average molecular weight is 402 g/mol. The first-order valence-corrected chi connectivity index (χ1v) is 9.46. The molecule has 3 amide bonds. The summed E-state index contributed by atoms with van der Waals surface area (Å²) in [7, 11) is 1.59. The molecule has 1 aromatic heterocycles. The fourth-order valence-corrected chi connectivity index (χ4v) is 2.60. The van der Waals surface area contributed by atoms with E-state index in [4.69, 9.17) is 4.74 Å². The van der Waals surface area contributed by atoms with Gasteiger partial charge in [-0.25, -0.2) is 9.78 Å². The number of carbonyl (C=O) groups is 3. The zero-order valence-electron chi connectivity index (χ0n) is 16.9. The lowest BCUT2D eigenvalue weighted by Gasteiger charge is -2.10. The molecule has 156 valence electrons. The van der Waals surface area contributed by atoms with E-state index >= 15 is 0 Å². The minimum atomic E-state index is -0.711. The number of nitrogens with one attached hydrogen (secondary N) is 2. The lowest BCUT2D eigenvalue weighted by Crippen LogP contribution is -2.42. The van der Waals surface area contributed by atoms with Crippen molar-refractivity contribution >= 4 is 28.8 Å². The van der Waals surface area contributed by atoms with E-state index in [-0.39, 0.29) is 18.4 Å². The first kappa shape index (κ1) is 22.1. The number of fused-ring (bicyclic) bond motifs is 1. The van der Waals surface area contributed by atoms with Gasteiger partial charge in [-0.2, -0.15) is 0 Å². The Morgan fingerprint density at radius 3 is 2.66 bits per heavy atom. The number of aryl methyl sites for hydroxylation is 1. The number of urea groups is 1. The number of amides is 3. The highest BCUT2D eigenvalue weighted by atomic mass is 16.5. The van der Waals surface area contributed by atoms with Crippen LogP contribution in [0.15, 0.2) is 29.1 Å². The number of rotatable bonds is 8. The summed E-state index contributed by atoms with van der Waals surface area (Å²) >= 11 is 0. The Morgan fingerprint density at radius 1 is 1.21 bits per heavy atom. The van der Waals surface area contributed by atoms with Gasteiger partial charge in [0, 0.05) is 20.0 Å². The zero-order chi connectivity index (χ0) is 21.4. The number of benzene rings is 1. The second-order valence-corrected chi connectivity index (χ2v) is 7.06. The fraction of sp³-hybridized carbons (Fsp3) is 0.450. The van der Waals surface area contributed by atoms with Crippen molar-refractivity contribution in [1.29, 1.82) is 0 Å². The van der Waals surface area contributed by atoms with Gasteiger partial charge in [0.25, 0.3) is 11.5 Å². The van der Waals surface area contributed by atoms with E-state index in [1.165, 1.54) is 4.57 Å². The monoisotopic (exact) mass is 402 g/mol. The van der Waals surface area contributed by atoms with Crippen LogP contribution in [0.5, 0.6) is 0 Å². The van der Waals surface area contributed by atoms with Gasteiger partial charge < -0.3 is 10.1 Å². The predicted molar refractivity (Wildman–Crippen MR) is 107 cm³/mol. The molecule has 0 bridgehead atoms. The van der Waals surface area contributed by atoms with Crippen molar-refractivity contribution in [2.45, 2.75) is 33.1 Å². The summed E-state index contributed by atoms with van der Waals surface area (Å²) in [5.41, 5.74) is 0.364. The summed E-state index contributed by atoms with van der Waals surface area (Å²) in [6.07, 6.45) is 0.932. The van der Waals surface area contributed by atoms with Crippen molar-refractivity contribution in [3.63, 3.8) is 0 Å². The maximum atomic E-state index is 12.3. The molecule has 0 radical (unpaired) electrons. The molecule has 0 aliphatic heterocycles. The third kappa shape index (κ3) is 6.70. The standard InChI is InChI=1S/C20H26N4O5/c1-13(2)10-11-21-20(28)23-17(25)12-29-18(26)9-8-16-22-15-7-5-4-6-14(15)19(27)24(16)3/h4-7,13H,8-12H2,1-3H3,(H2,21,23,25,28). The number of imide groups is 1. The molecular weight excluding hydrogens is 376 g/mol. The Hall–Kier alpha value is -3.23. The van der Waals surface area contributed by atoms with E-state index in [0.29, 0.717) is 29.2 Å². The molecule has 2 aromatic rings. The van der Waals surface area contributed by atoms with Crippen LogP contribution in [0.4, 0.5) is 4.79 Å². The van der Waals surface area contributed by atoms with Crippen LogP contribution in [0.2, 0.25) is 0 Å². The van der Waals surface area contributed by atoms with Gasteiger partial charge in [-0.1, -0.05) is 26.0 Å². The summed E-state index contributed by atoms with van der Waals surface area (Å²) in [6.45, 7) is 3.94. The lowest BCUT2D eigenvalue weighted by molar-refractivity contribution is -0.148. The number of carbonyl (C=O) groups excluding carboxylic acids is 3. The highest BCUT2D eigenvalue weighted by Gasteiger charge is 2.13. The molecule has 0 saturated carbocycles. The number of ether oxygens (including phenoxy) is 1. The van der Waals surface area contributed by atoms with Gasteiger partial charge in [-0.3, -0.25) is 24.3 Å². The van der Waals surface area contributed by atoms with Gasteiger partial charge in [0.05, 0.1) is 17.3 Å². The Balaban J connectivity index is 1.79. The Labute approximate surface area is 168 Å². The largest absolute Gasteiger partial charge is 0.456 e. The zero-order valence-corrected chi connectivity index (χ0v) is 16.9. The van der Waals surface area contributed by atoms with Gasteiger partial charge >= 0.3 is 12.0 Å². The maximum absolute atomic E-state index is 12.3. The second-order valence-electron chi connectivity index (χ2n) is 7.06. The van der Waals surface area contributed by atoms with Crippen molar-refractivity contribution in [3.8, 4) is 0 Å². The Bertz CT molecular complexity index is 952. The number of para-hydroxylation sites is 1. The van der Waals surface area contributed by atoms with E-state index in [2.05, 4.69) is 15.6 Å².